The van der Waals surface area contributed by atoms with Crippen molar-refractivity contribution in [3.05, 3.63) is 156 Å². The molecule has 45 heavy (non-hydrogen) atoms. The summed E-state index contributed by atoms with van der Waals surface area (Å²) in [6, 6.07) is 40.6. The molecule has 0 unspecified atom stereocenters. The maximum atomic E-state index is 8.82. The Morgan fingerprint density at radius 2 is 1.29 bits per heavy atom. The molecule has 8 rings (SSSR count). The van der Waals surface area contributed by atoms with E-state index in [0.29, 0.717) is 34.4 Å². The lowest BCUT2D eigenvalue weighted by atomic mass is 9.82. The second kappa shape index (κ2) is 10.2. The zero-order valence-corrected chi connectivity index (χ0v) is 25.0. The second-order valence-electron chi connectivity index (χ2n) is 12.1. The number of hydrogen-bond acceptors (Lipinski definition) is 4. The summed E-state index contributed by atoms with van der Waals surface area (Å²) in [4.78, 5) is 0. The summed E-state index contributed by atoms with van der Waals surface area (Å²) >= 11 is 0. The molecule has 4 nitrogen and oxygen atoms in total. The molecule has 0 saturated carbocycles. The van der Waals surface area contributed by atoms with Gasteiger partial charge in [-0.2, -0.15) is 0 Å². The molecular formula is C41H30N2O2. The van der Waals surface area contributed by atoms with E-state index < -0.39 is 0 Å². The van der Waals surface area contributed by atoms with Gasteiger partial charge in [0.1, 0.15) is 0 Å². The summed E-state index contributed by atoms with van der Waals surface area (Å²) in [5, 5.41) is 19.6. The van der Waals surface area contributed by atoms with Gasteiger partial charge in [-0.1, -0.05) is 111 Å². The number of rotatable bonds is 5. The fourth-order valence-electron chi connectivity index (χ4n) is 6.69. The number of hydrogen-bond donors (Lipinski definition) is 2. The summed E-state index contributed by atoms with van der Waals surface area (Å²) in [5.41, 5.74) is 8.92. The average Bonchev–Trinajstić information content (AvgIpc) is 3.30. The third-order valence-electron chi connectivity index (χ3n) is 9.04. The van der Waals surface area contributed by atoms with E-state index in [9.17, 15) is 0 Å². The van der Waals surface area contributed by atoms with E-state index in [2.05, 4.69) is 50.2 Å². The van der Waals surface area contributed by atoms with Gasteiger partial charge in [-0.15, -0.1) is 0 Å². The summed E-state index contributed by atoms with van der Waals surface area (Å²) in [5.74, 6) is 2.73. The highest BCUT2D eigenvalue weighted by Crippen LogP contribution is 2.56. The molecule has 1 aliphatic heterocycles. The fraction of sp³-hybridized carbons (Fsp3) is 0.0732. The van der Waals surface area contributed by atoms with Crippen molar-refractivity contribution in [2.45, 2.75) is 19.3 Å². The van der Waals surface area contributed by atoms with Crippen LogP contribution in [-0.2, 0) is 5.41 Å². The SMILES string of the molecule is CC1(C)c2ccccc2-c2cc3c(cc21)Oc1cccc(-c2cccc(C(=N)/C=C\C(=N)c4cccc5ccccc45)c2)c1O3. The van der Waals surface area contributed by atoms with Crippen LogP contribution in [0.4, 0.5) is 0 Å². The van der Waals surface area contributed by atoms with Crippen molar-refractivity contribution in [1.82, 2.24) is 0 Å². The van der Waals surface area contributed by atoms with Crippen LogP contribution in [0.15, 0.2) is 133 Å². The third-order valence-corrected chi connectivity index (χ3v) is 9.04. The van der Waals surface area contributed by atoms with Gasteiger partial charge in [0.2, 0.25) is 0 Å². The molecule has 0 atom stereocenters. The number of benzene rings is 6. The Morgan fingerprint density at radius 3 is 2.20 bits per heavy atom. The first kappa shape index (κ1) is 26.9. The Morgan fingerprint density at radius 1 is 0.578 bits per heavy atom. The van der Waals surface area contributed by atoms with Crippen LogP contribution in [0.5, 0.6) is 23.0 Å². The molecule has 0 saturated heterocycles. The molecular weight excluding hydrogens is 552 g/mol. The molecule has 0 amide bonds. The van der Waals surface area contributed by atoms with Crippen molar-refractivity contribution in [3.8, 4) is 45.3 Å². The Hall–Kier alpha value is -5.74. The van der Waals surface area contributed by atoms with Gasteiger partial charge in [-0.05, 0) is 80.6 Å². The molecule has 0 radical (unpaired) electrons. The second-order valence-corrected chi connectivity index (χ2v) is 12.1. The van der Waals surface area contributed by atoms with Crippen LogP contribution in [0.2, 0.25) is 0 Å². The quantitative estimate of drug-likeness (QED) is 0.198. The van der Waals surface area contributed by atoms with Crippen molar-refractivity contribution >= 4 is 22.2 Å². The maximum Gasteiger partial charge on any atom is 0.177 e. The molecule has 0 spiro atoms. The third kappa shape index (κ3) is 4.37. The Bertz CT molecular complexity index is 2240. The smallest absolute Gasteiger partial charge is 0.177 e. The molecule has 216 valence electrons. The first-order valence-corrected chi connectivity index (χ1v) is 15.1. The number of fused-ring (bicyclic) bond motifs is 6. The largest absolute Gasteiger partial charge is 0.449 e. The van der Waals surface area contributed by atoms with Crippen LogP contribution in [0.3, 0.4) is 0 Å². The van der Waals surface area contributed by atoms with Gasteiger partial charge in [-0.25, -0.2) is 0 Å². The lowest BCUT2D eigenvalue weighted by molar-refractivity contribution is 0.360. The van der Waals surface area contributed by atoms with Gasteiger partial charge in [0.25, 0.3) is 0 Å². The van der Waals surface area contributed by atoms with Crippen molar-refractivity contribution < 1.29 is 9.47 Å². The Balaban J connectivity index is 1.10. The van der Waals surface area contributed by atoms with Crippen LogP contribution in [-0.4, -0.2) is 11.4 Å². The number of nitrogens with one attached hydrogen (secondary N) is 2. The lowest BCUT2D eigenvalue weighted by Gasteiger charge is -2.26. The van der Waals surface area contributed by atoms with E-state index >= 15 is 0 Å². The highest BCUT2D eigenvalue weighted by Gasteiger charge is 2.37. The van der Waals surface area contributed by atoms with Crippen molar-refractivity contribution in [2.75, 3.05) is 0 Å². The number of para-hydroxylation sites is 1. The molecule has 6 aromatic carbocycles. The van der Waals surface area contributed by atoms with Crippen LogP contribution in [0.25, 0.3) is 33.0 Å². The van der Waals surface area contributed by atoms with Gasteiger partial charge in [0, 0.05) is 16.5 Å². The van der Waals surface area contributed by atoms with E-state index in [1.807, 2.05) is 84.9 Å². The van der Waals surface area contributed by atoms with E-state index in [4.69, 9.17) is 20.3 Å². The topological polar surface area (TPSA) is 66.2 Å². The average molecular weight is 583 g/mol. The minimum absolute atomic E-state index is 0.126. The minimum Gasteiger partial charge on any atom is -0.449 e. The standard InChI is InChI=1S/C41H30N2O2/c1-41(2)33-18-6-5-15-30(33)32-23-38-39(24-34(32)41)44-37-19-9-16-29(40(37)45-38)26-12-7-13-27(22-26)35(42)20-21-36(43)31-17-8-11-25-10-3-4-14-28(25)31/h3-24,42-43H,1-2H3/b21-20-,42-35?,43-36?. The van der Waals surface area contributed by atoms with Crippen LogP contribution in [0, 0.1) is 10.8 Å². The predicted molar refractivity (Wildman–Crippen MR) is 183 cm³/mol. The molecule has 2 aliphatic rings. The van der Waals surface area contributed by atoms with Gasteiger partial charge < -0.3 is 20.3 Å². The maximum absolute atomic E-state index is 8.82. The Labute approximate surface area is 262 Å². The summed E-state index contributed by atoms with van der Waals surface area (Å²) < 4.78 is 13.1. The number of ether oxygens (including phenoxy) is 2. The van der Waals surface area contributed by atoms with Crippen LogP contribution >= 0.6 is 0 Å². The highest BCUT2D eigenvalue weighted by molar-refractivity contribution is 6.18. The highest BCUT2D eigenvalue weighted by atomic mass is 16.6. The summed E-state index contributed by atoms with van der Waals surface area (Å²) in [6.07, 6.45) is 3.40. The molecule has 0 bridgehead atoms. The lowest BCUT2D eigenvalue weighted by Crippen LogP contribution is -2.15. The van der Waals surface area contributed by atoms with E-state index in [1.165, 1.54) is 22.3 Å². The summed E-state index contributed by atoms with van der Waals surface area (Å²) in [7, 11) is 0. The zero-order chi connectivity index (χ0) is 30.7. The Kier molecular flexibility index (Phi) is 6.07. The molecule has 1 heterocycles. The van der Waals surface area contributed by atoms with Gasteiger partial charge >= 0.3 is 0 Å². The van der Waals surface area contributed by atoms with Crippen molar-refractivity contribution in [2.24, 2.45) is 0 Å². The van der Waals surface area contributed by atoms with Gasteiger partial charge in [0.05, 0.1) is 11.4 Å². The number of allylic oxidation sites excluding steroid dienone is 2. The first-order chi connectivity index (χ1) is 21.9. The predicted octanol–water partition coefficient (Wildman–Crippen LogP) is 10.7. The molecule has 0 fully saturated rings. The summed E-state index contributed by atoms with van der Waals surface area (Å²) in [6.45, 7) is 4.51. The molecule has 4 heteroatoms. The van der Waals surface area contributed by atoms with Gasteiger partial charge in [0.15, 0.2) is 23.0 Å². The molecule has 2 N–H and O–H groups in total. The molecule has 6 aromatic rings. The van der Waals surface area contributed by atoms with E-state index in [-0.39, 0.29) is 5.41 Å². The minimum atomic E-state index is -0.126. The van der Waals surface area contributed by atoms with Crippen molar-refractivity contribution in [1.29, 1.82) is 10.8 Å². The monoisotopic (exact) mass is 582 g/mol. The van der Waals surface area contributed by atoms with Crippen LogP contribution < -0.4 is 9.47 Å². The van der Waals surface area contributed by atoms with Crippen LogP contribution in [0.1, 0.15) is 36.1 Å². The zero-order valence-electron chi connectivity index (χ0n) is 25.0. The van der Waals surface area contributed by atoms with E-state index in [0.717, 1.165) is 33.0 Å². The first-order valence-electron chi connectivity index (χ1n) is 15.1. The fourth-order valence-corrected chi connectivity index (χ4v) is 6.69. The van der Waals surface area contributed by atoms with Crippen molar-refractivity contribution in [3.63, 3.8) is 0 Å². The normalized spacial score (nSPS) is 13.7. The molecule has 1 aliphatic carbocycles. The molecule has 0 aromatic heterocycles. The van der Waals surface area contributed by atoms with E-state index in [1.54, 1.807) is 12.2 Å². The van der Waals surface area contributed by atoms with Gasteiger partial charge in [-0.3, -0.25) is 0 Å².